The number of benzene rings is 4. The van der Waals surface area contributed by atoms with Crippen LogP contribution >= 0.6 is 0 Å². The van der Waals surface area contributed by atoms with Crippen molar-refractivity contribution in [3.8, 4) is 16.9 Å². The highest BCUT2D eigenvalue weighted by Gasteiger charge is 2.30. The van der Waals surface area contributed by atoms with Crippen molar-refractivity contribution in [3.63, 3.8) is 0 Å². The molecule has 4 aromatic rings. The van der Waals surface area contributed by atoms with E-state index in [9.17, 15) is 35.9 Å². The number of nitrogens with zero attached hydrogens (tertiary/aromatic N) is 1. The molecule has 0 aliphatic carbocycles. The minimum atomic E-state index is -4.44. The Labute approximate surface area is 210 Å². The SMILES string of the molecule is O=C(Nc1ccc(O)c(N(c2ccc(F)cc2)[SH](=O)=O)c1)c1ccc(-c2ccc(C(F)(F)F)cc2)cc1. The molecule has 0 radical (unpaired) electrons. The number of hydrogen-bond acceptors (Lipinski definition) is 4. The maximum atomic E-state index is 13.3. The predicted molar refractivity (Wildman–Crippen MR) is 132 cm³/mol. The van der Waals surface area contributed by atoms with Gasteiger partial charge in [0.1, 0.15) is 17.3 Å². The summed E-state index contributed by atoms with van der Waals surface area (Å²) in [5, 5.41) is 12.9. The number of aromatic hydroxyl groups is 1. The molecule has 0 aromatic heterocycles. The third kappa shape index (κ3) is 5.89. The van der Waals surface area contributed by atoms with Gasteiger partial charge in [0.2, 0.25) is 10.9 Å². The summed E-state index contributed by atoms with van der Waals surface area (Å²) in [5.74, 6) is -1.50. The van der Waals surface area contributed by atoms with Gasteiger partial charge in [0.15, 0.2) is 0 Å². The molecular weight excluding hydrogens is 512 g/mol. The molecule has 0 heterocycles. The van der Waals surface area contributed by atoms with Gasteiger partial charge < -0.3 is 10.4 Å². The average molecular weight is 530 g/mol. The molecule has 0 bridgehead atoms. The number of carbonyl (C=O) groups is 1. The topological polar surface area (TPSA) is 86.7 Å². The number of alkyl halides is 3. The maximum Gasteiger partial charge on any atom is 0.416 e. The minimum Gasteiger partial charge on any atom is -0.506 e. The van der Waals surface area contributed by atoms with Gasteiger partial charge in [0.05, 0.1) is 11.3 Å². The Balaban J connectivity index is 1.54. The Morgan fingerprint density at radius 2 is 1.38 bits per heavy atom. The van der Waals surface area contributed by atoms with Crippen LogP contribution in [0.3, 0.4) is 0 Å². The van der Waals surface area contributed by atoms with Crippen molar-refractivity contribution in [2.45, 2.75) is 6.18 Å². The summed E-state index contributed by atoms with van der Waals surface area (Å²) in [7, 11) is -3.28. The second kappa shape index (κ2) is 10.3. The van der Waals surface area contributed by atoms with Crippen LogP contribution in [-0.2, 0) is 17.1 Å². The zero-order valence-corrected chi connectivity index (χ0v) is 19.6. The Hall–Kier alpha value is -4.38. The van der Waals surface area contributed by atoms with Gasteiger partial charge in [-0.1, -0.05) is 24.3 Å². The Kier molecular flexibility index (Phi) is 7.16. The number of phenolic OH excluding ortho intramolecular Hbond substituents is 1. The number of anilines is 3. The molecule has 4 rings (SSSR count). The molecule has 0 aliphatic heterocycles. The monoisotopic (exact) mass is 530 g/mol. The molecule has 0 fully saturated rings. The van der Waals surface area contributed by atoms with Crippen molar-refractivity contribution in [2.24, 2.45) is 0 Å². The van der Waals surface area contributed by atoms with E-state index in [0.717, 1.165) is 28.6 Å². The van der Waals surface area contributed by atoms with E-state index in [1.807, 2.05) is 0 Å². The lowest BCUT2D eigenvalue weighted by Crippen LogP contribution is -2.16. The third-order valence-electron chi connectivity index (χ3n) is 5.39. The quantitative estimate of drug-likeness (QED) is 0.159. The van der Waals surface area contributed by atoms with Crippen LogP contribution in [0.15, 0.2) is 91.0 Å². The molecule has 0 saturated carbocycles. The zero-order chi connectivity index (χ0) is 26.7. The van der Waals surface area contributed by atoms with Crippen LogP contribution in [-0.4, -0.2) is 19.4 Å². The molecule has 2 N–H and O–H groups in total. The first-order chi connectivity index (χ1) is 17.5. The standard InChI is InChI=1S/C26H18F4N2O4S/c27-20-9-12-22(13-10-20)32(37(35)36)23-15-21(11-14-24(23)33)31-25(34)18-3-1-16(2-4-18)17-5-7-19(8-6-17)26(28,29)30/h1-15,33,37H,(H,31,34). The van der Waals surface area contributed by atoms with Crippen LogP contribution in [0.2, 0.25) is 0 Å². The minimum absolute atomic E-state index is 0.0788. The summed E-state index contributed by atoms with van der Waals surface area (Å²) >= 11 is 0. The van der Waals surface area contributed by atoms with Crippen LogP contribution < -0.4 is 9.62 Å². The fourth-order valence-corrected chi connectivity index (χ4v) is 4.20. The predicted octanol–water partition coefficient (Wildman–Crippen LogP) is 6.13. The number of hydrogen-bond donors (Lipinski definition) is 3. The molecule has 0 atom stereocenters. The summed E-state index contributed by atoms with van der Waals surface area (Å²) in [6, 6.07) is 19.2. The van der Waals surface area contributed by atoms with Crippen molar-refractivity contribution >= 4 is 33.9 Å². The van der Waals surface area contributed by atoms with Gasteiger partial charge in [0.25, 0.3) is 5.91 Å². The van der Waals surface area contributed by atoms with Crippen LogP contribution in [0.1, 0.15) is 15.9 Å². The Bertz CT molecular complexity index is 1490. The van der Waals surface area contributed by atoms with E-state index in [4.69, 9.17) is 0 Å². The third-order valence-corrected chi connectivity index (χ3v) is 6.16. The van der Waals surface area contributed by atoms with E-state index >= 15 is 0 Å². The lowest BCUT2D eigenvalue weighted by atomic mass is 10.0. The number of thiol groups is 1. The second-order valence-electron chi connectivity index (χ2n) is 7.84. The van der Waals surface area contributed by atoms with Gasteiger partial charge in [-0.3, -0.25) is 4.79 Å². The van der Waals surface area contributed by atoms with Gasteiger partial charge >= 0.3 is 6.18 Å². The number of rotatable bonds is 6. The van der Waals surface area contributed by atoms with Crippen molar-refractivity contribution in [1.82, 2.24) is 0 Å². The summed E-state index contributed by atoms with van der Waals surface area (Å²) in [5.41, 5.74) is 0.708. The van der Waals surface area contributed by atoms with E-state index in [2.05, 4.69) is 5.32 Å². The van der Waals surface area contributed by atoms with Gasteiger partial charge in [-0.15, -0.1) is 0 Å². The van der Waals surface area contributed by atoms with Crippen LogP contribution in [0.25, 0.3) is 11.1 Å². The van der Waals surface area contributed by atoms with Gasteiger partial charge in [0, 0.05) is 11.3 Å². The van der Waals surface area contributed by atoms with E-state index in [-0.39, 0.29) is 28.4 Å². The summed E-state index contributed by atoms with van der Waals surface area (Å²) in [4.78, 5) is 12.8. The largest absolute Gasteiger partial charge is 0.506 e. The maximum absolute atomic E-state index is 13.3. The van der Waals surface area contributed by atoms with E-state index < -0.39 is 34.4 Å². The van der Waals surface area contributed by atoms with E-state index in [1.165, 1.54) is 54.6 Å². The van der Waals surface area contributed by atoms with Crippen LogP contribution in [0.4, 0.5) is 34.6 Å². The molecule has 0 saturated heterocycles. The first kappa shape index (κ1) is 25.7. The average Bonchev–Trinajstić information content (AvgIpc) is 2.86. The van der Waals surface area contributed by atoms with Gasteiger partial charge in [-0.05, 0) is 77.9 Å². The van der Waals surface area contributed by atoms with Gasteiger partial charge in [-0.2, -0.15) is 13.2 Å². The molecular formula is C26H18F4N2O4S. The summed E-state index contributed by atoms with van der Waals surface area (Å²) < 4.78 is 76.2. The second-order valence-corrected chi connectivity index (χ2v) is 8.71. The number of phenols is 1. The molecule has 11 heteroatoms. The first-order valence-corrected chi connectivity index (χ1v) is 11.8. The lowest BCUT2D eigenvalue weighted by Gasteiger charge is -2.20. The lowest BCUT2D eigenvalue weighted by molar-refractivity contribution is -0.137. The van der Waals surface area contributed by atoms with Crippen LogP contribution in [0, 0.1) is 5.82 Å². The van der Waals surface area contributed by atoms with Crippen molar-refractivity contribution < 1.29 is 35.9 Å². The molecule has 37 heavy (non-hydrogen) atoms. The summed E-state index contributed by atoms with van der Waals surface area (Å²) in [6.45, 7) is 0. The molecule has 0 spiro atoms. The van der Waals surface area contributed by atoms with Crippen LogP contribution in [0.5, 0.6) is 5.75 Å². The Morgan fingerprint density at radius 3 is 1.92 bits per heavy atom. The highest BCUT2D eigenvalue weighted by molar-refractivity contribution is 7.74. The highest BCUT2D eigenvalue weighted by Crippen LogP contribution is 2.36. The fraction of sp³-hybridized carbons (Fsp3) is 0.0385. The molecule has 0 unspecified atom stereocenters. The fourth-order valence-electron chi connectivity index (χ4n) is 3.54. The van der Waals surface area contributed by atoms with Crippen molar-refractivity contribution in [2.75, 3.05) is 9.62 Å². The zero-order valence-electron chi connectivity index (χ0n) is 18.7. The van der Waals surface area contributed by atoms with E-state index in [0.29, 0.717) is 11.1 Å². The molecule has 4 aromatic carbocycles. The highest BCUT2D eigenvalue weighted by atomic mass is 32.2. The van der Waals surface area contributed by atoms with E-state index in [1.54, 1.807) is 12.1 Å². The first-order valence-electron chi connectivity index (χ1n) is 10.6. The Morgan fingerprint density at radius 1 is 0.811 bits per heavy atom. The molecule has 0 aliphatic rings. The van der Waals surface area contributed by atoms with Gasteiger partial charge in [-0.25, -0.2) is 17.1 Å². The number of carbonyl (C=O) groups excluding carboxylic acids is 1. The van der Waals surface area contributed by atoms with Crippen molar-refractivity contribution in [1.29, 1.82) is 0 Å². The molecule has 190 valence electrons. The number of halogens is 4. The number of amides is 1. The molecule has 1 amide bonds. The number of nitrogens with one attached hydrogen (secondary N) is 1. The smallest absolute Gasteiger partial charge is 0.416 e. The normalized spacial score (nSPS) is 11.4. The molecule has 6 nitrogen and oxygen atoms in total. The summed E-state index contributed by atoms with van der Waals surface area (Å²) in [6.07, 6.45) is -4.44. The van der Waals surface area contributed by atoms with Crippen molar-refractivity contribution in [3.05, 3.63) is 108 Å².